The van der Waals surface area contributed by atoms with E-state index < -0.39 is 0 Å². The van der Waals surface area contributed by atoms with Gasteiger partial charge in [0.25, 0.3) is 5.91 Å². The normalized spacial score (nSPS) is 19.9. The molecule has 1 saturated carbocycles. The van der Waals surface area contributed by atoms with Gasteiger partial charge in [-0.15, -0.1) is 11.8 Å². The standard InChI is InChI=1S/C15H24N2O3S/c1-11-14(21-10-9-20-11)15(19)16-8-7-13(18)17-12-5-3-2-4-6-12/h12H,2-10H2,1H3,(H,16,19)(H,17,18). The minimum Gasteiger partial charge on any atom is -0.496 e. The Morgan fingerprint density at radius 2 is 2.05 bits per heavy atom. The Kier molecular flexibility index (Phi) is 6.42. The molecule has 1 fully saturated rings. The van der Waals surface area contributed by atoms with Gasteiger partial charge in [-0.05, 0) is 19.8 Å². The van der Waals surface area contributed by atoms with Crippen LogP contribution in [0.3, 0.4) is 0 Å². The summed E-state index contributed by atoms with van der Waals surface area (Å²) in [4.78, 5) is 24.4. The number of thioether (sulfide) groups is 1. The average Bonchev–Trinajstić information content (AvgIpc) is 2.48. The number of ether oxygens (including phenoxy) is 1. The highest BCUT2D eigenvalue weighted by atomic mass is 32.2. The molecule has 6 heteroatoms. The van der Waals surface area contributed by atoms with Crippen LogP contribution in [0.25, 0.3) is 0 Å². The number of rotatable bonds is 5. The maximum Gasteiger partial charge on any atom is 0.261 e. The fourth-order valence-corrected chi connectivity index (χ4v) is 3.48. The van der Waals surface area contributed by atoms with Crippen molar-refractivity contribution in [3.63, 3.8) is 0 Å². The predicted molar refractivity (Wildman–Crippen MR) is 83.8 cm³/mol. The lowest BCUT2D eigenvalue weighted by atomic mass is 9.95. The zero-order chi connectivity index (χ0) is 15.1. The minimum atomic E-state index is -0.136. The summed E-state index contributed by atoms with van der Waals surface area (Å²) in [5.74, 6) is 1.36. The molecule has 0 saturated heterocycles. The maximum atomic E-state index is 12.0. The van der Waals surface area contributed by atoms with Crippen LogP contribution in [-0.4, -0.2) is 36.8 Å². The van der Waals surface area contributed by atoms with E-state index in [4.69, 9.17) is 4.74 Å². The molecule has 0 bridgehead atoms. The second kappa shape index (κ2) is 8.32. The van der Waals surface area contributed by atoms with Gasteiger partial charge in [-0.25, -0.2) is 0 Å². The molecule has 0 aromatic carbocycles. The van der Waals surface area contributed by atoms with Gasteiger partial charge in [0.05, 0.1) is 6.61 Å². The van der Waals surface area contributed by atoms with Gasteiger partial charge in [0.1, 0.15) is 10.7 Å². The summed E-state index contributed by atoms with van der Waals surface area (Å²) in [6.45, 7) is 2.82. The predicted octanol–water partition coefficient (Wildman–Crippen LogP) is 1.94. The summed E-state index contributed by atoms with van der Waals surface area (Å²) in [6.07, 6.45) is 6.17. The zero-order valence-electron chi connectivity index (χ0n) is 12.6. The lowest BCUT2D eigenvalue weighted by Gasteiger charge is -2.22. The lowest BCUT2D eigenvalue weighted by Crippen LogP contribution is -2.38. The van der Waals surface area contributed by atoms with Crippen molar-refractivity contribution in [3.8, 4) is 0 Å². The van der Waals surface area contributed by atoms with Crippen LogP contribution in [0.1, 0.15) is 45.4 Å². The summed E-state index contributed by atoms with van der Waals surface area (Å²) >= 11 is 1.51. The zero-order valence-corrected chi connectivity index (χ0v) is 13.4. The Bertz CT molecular complexity index is 417. The van der Waals surface area contributed by atoms with Crippen molar-refractivity contribution in [3.05, 3.63) is 10.7 Å². The summed E-state index contributed by atoms with van der Waals surface area (Å²) < 4.78 is 5.36. The highest BCUT2D eigenvalue weighted by Gasteiger charge is 2.19. The molecule has 0 atom stereocenters. The van der Waals surface area contributed by atoms with Gasteiger partial charge < -0.3 is 15.4 Å². The van der Waals surface area contributed by atoms with E-state index in [0.717, 1.165) is 18.6 Å². The fraction of sp³-hybridized carbons (Fsp3) is 0.733. The molecule has 1 heterocycles. The van der Waals surface area contributed by atoms with Crippen molar-refractivity contribution in [1.82, 2.24) is 10.6 Å². The Hall–Kier alpha value is -1.17. The molecule has 2 amide bonds. The summed E-state index contributed by atoms with van der Waals surface area (Å²) in [5.41, 5.74) is 0. The first-order valence-electron chi connectivity index (χ1n) is 7.71. The van der Waals surface area contributed by atoms with Crippen LogP contribution in [0.4, 0.5) is 0 Å². The minimum absolute atomic E-state index is 0.0282. The molecule has 1 aliphatic heterocycles. The molecule has 2 rings (SSSR count). The first-order valence-corrected chi connectivity index (χ1v) is 8.69. The molecular formula is C15H24N2O3S. The topological polar surface area (TPSA) is 67.4 Å². The number of carbonyl (C=O) groups excluding carboxylic acids is 2. The highest BCUT2D eigenvalue weighted by Crippen LogP contribution is 2.25. The molecule has 2 N–H and O–H groups in total. The number of amides is 2. The van der Waals surface area contributed by atoms with E-state index in [1.807, 2.05) is 0 Å². The maximum absolute atomic E-state index is 12.0. The summed E-state index contributed by atoms with van der Waals surface area (Å²) in [7, 11) is 0. The molecule has 0 aromatic rings. The third kappa shape index (κ3) is 5.26. The van der Waals surface area contributed by atoms with Crippen LogP contribution in [0.2, 0.25) is 0 Å². The molecule has 2 aliphatic rings. The Balaban J connectivity index is 1.66. The van der Waals surface area contributed by atoms with Crippen LogP contribution in [0.15, 0.2) is 10.7 Å². The van der Waals surface area contributed by atoms with Gasteiger partial charge in [-0.1, -0.05) is 19.3 Å². The Labute approximate surface area is 130 Å². The van der Waals surface area contributed by atoms with Gasteiger partial charge >= 0.3 is 0 Å². The first-order chi connectivity index (χ1) is 10.2. The van der Waals surface area contributed by atoms with Gasteiger partial charge in [0, 0.05) is 24.8 Å². The second-order valence-corrected chi connectivity index (χ2v) is 6.60. The molecule has 0 unspecified atom stereocenters. The molecule has 0 aromatic heterocycles. The smallest absolute Gasteiger partial charge is 0.261 e. The lowest BCUT2D eigenvalue weighted by molar-refractivity contribution is -0.122. The highest BCUT2D eigenvalue weighted by molar-refractivity contribution is 8.04. The molecular weight excluding hydrogens is 288 g/mol. The third-order valence-corrected chi connectivity index (χ3v) is 4.91. The molecule has 0 radical (unpaired) electrons. The van der Waals surface area contributed by atoms with Gasteiger partial charge in [-0.2, -0.15) is 0 Å². The van der Waals surface area contributed by atoms with Crippen LogP contribution < -0.4 is 10.6 Å². The molecule has 21 heavy (non-hydrogen) atoms. The number of carbonyl (C=O) groups is 2. The van der Waals surface area contributed by atoms with Crippen LogP contribution in [0.5, 0.6) is 0 Å². The van der Waals surface area contributed by atoms with E-state index in [1.165, 1.54) is 31.0 Å². The average molecular weight is 312 g/mol. The number of allylic oxidation sites excluding steroid dienone is 1. The van der Waals surface area contributed by atoms with Gasteiger partial charge in [0.2, 0.25) is 5.91 Å². The summed E-state index contributed by atoms with van der Waals surface area (Å²) in [5, 5.41) is 5.84. The van der Waals surface area contributed by atoms with E-state index in [1.54, 1.807) is 6.92 Å². The molecule has 0 spiro atoms. The Morgan fingerprint density at radius 3 is 2.76 bits per heavy atom. The van der Waals surface area contributed by atoms with Crippen molar-refractivity contribution in [2.75, 3.05) is 18.9 Å². The van der Waals surface area contributed by atoms with E-state index in [9.17, 15) is 9.59 Å². The van der Waals surface area contributed by atoms with E-state index in [0.29, 0.717) is 36.3 Å². The number of hydrogen-bond acceptors (Lipinski definition) is 4. The van der Waals surface area contributed by atoms with Crippen LogP contribution in [-0.2, 0) is 14.3 Å². The molecule has 118 valence electrons. The van der Waals surface area contributed by atoms with Crippen LogP contribution in [0, 0.1) is 0 Å². The van der Waals surface area contributed by atoms with Crippen molar-refractivity contribution < 1.29 is 14.3 Å². The van der Waals surface area contributed by atoms with E-state index in [2.05, 4.69) is 10.6 Å². The van der Waals surface area contributed by atoms with Crippen molar-refractivity contribution in [2.24, 2.45) is 0 Å². The Morgan fingerprint density at radius 1 is 1.29 bits per heavy atom. The fourth-order valence-electron chi connectivity index (χ4n) is 2.65. The number of hydrogen-bond donors (Lipinski definition) is 2. The monoisotopic (exact) mass is 312 g/mol. The van der Waals surface area contributed by atoms with E-state index >= 15 is 0 Å². The first kappa shape index (κ1) is 16.2. The van der Waals surface area contributed by atoms with Crippen molar-refractivity contribution >= 4 is 23.6 Å². The van der Waals surface area contributed by atoms with Crippen LogP contribution >= 0.6 is 11.8 Å². The number of nitrogens with one attached hydrogen (secondary N) is 2. The largest absolute Gasteiger partial charge is 0.496 e. The summed E-state index contributed by atoms with van der Waals surface area (Å²) in [6, 6.07) is 0.328. The molecule has 1 aliphatic carbocycles. The van der Waals surface area contributed by atoms with Gasteiger partial charge in [0.15, 0.2) is 0 Å². The van der Waals surface area contributed by atoms with Crippen molar-refractivity contribution in [1.29, 1.82) is 0 Å². The second-order valence-electron chi connectivity index (χ2n) is 5.49. The van der Waals surface area contributed by atoms with Gasteiger partial charge in [-0.3, -0.25) is 9.59 Å². The third-order valence-electron chi connectivity index (χ3n) is 3.78. The van der Waals surface area contributed by atoms with Crippen molar-refractivity contribution in [2.45, 2.75) is 51.5 Å². The quantitative estimate of drug-likeness (QED) is 0.814. The molecule has 5 nitrogen and oxygen atoms in total. The van der Waals surface area contributed by atoms with E-state index in [-0.39, 0.29) is 11.8 Å². The SMILES string of the molecule is CC1=C(C(=O)NCCC(=O)NC2CCCCC2)SCCO1.